The van der Waals surface area contributed by atoms with Crippen LogP contribution in [0.15, 0.2) is 57.5 Å². The molecular weight excluding hydrogens is 366 g/mol. The van der Waals surface area contributed by atoms with Gasteiger partial charge in [0.1, 0.15) is 0 Å². The van der Waals surface area contributed by atoms with Crippen LogP contribution in [0.3, 0.4) is 0 Å². The number of hydrogen-bond acceptors (Lipinski definition) is 1. The lowest BCUT2D eigenvalue weighted by atomic mass is 9.98. The Kier molecular flexibility index (Phi) is 5.61. The van der Waals surface area contributed by atoms with Gasteiger partial charge in [0, 0.05) is 8.95 Å². The summed E-state index contributed by atoms with van der Waals surface area (Å²) in [6.45, 7) is 3.18. The van der Waals surface area contributed by atoms with Gasteiger partial charge in [-0.3, -0.25) is 0 Å². The standard InChI is InChI=1S/C16H17Br2N/c1-2-10-19-16(12-6-4-3-5-7-12)14-11-13(17)8-9-15(14)18/h3-9,11,16,19H,2,10H2,1H3. The molecule has 0 saturated heterocycles. The molecular formula is C16H17Br2N. The van der Waals surface area contributed by atoms with E-state index in [1.165, 1.54) is 11.1 Å². The first-order valence-corrected chi connectivity index (χ1v) is 8.04. The third-order valence-electron chi connectivity index (χ3n) is 3.00. The maximum Gasteiger partial charge on any atom is 0.0588 e. The fourth-order valence-electron chi connectivity index (χ4n) is 2.08. The van der Waals surface area contributed by atoms with Crippen molar-refractivity contribution >= 4 is 31.9 Å². The average Bonchev–Trinajstić information content (AvgIpc) is 2.44. The van der Waals surface area contributed by atoms with Crippen LogP contribution in [-0.2, 0) is 0 Å². The van der Waals surface area contributed by atoms with Crippen LogP contribution in [0.5, 0.6) is 0 Å². The molecule has 0 amide bonds. The molecule has 0 bridgehead atoms. The zero-order valence-electron chi connectivity index (χ0n) is 10.9. The van der Waals surface area contributed by atoms with E-state index in [0.717, 1.165) is 21.9 Å². The van der Waals surface area contributed by atoms with E-state index in [1.54, 1.807) is 0 Å². The van der Waals surface area contributed by atoms with E-state index in [-0.39, 0.29) is 6.04 Å². The molecule has 1 atom stereocenters. The van der Waals surface area contributed by atoms with Crippen molar-refractivity contribution in [1.29, 1.82) is 0 Å². The van der Waals surface area contributed by atoms with E-state index in [0.29, 0.717) is 0 Å². The molecule has 0 aromatic heterocycles. The highest BCUT2D eigenvalue weighted by Gasteiger charge is 2.16. The molecule has 0 radical (unpaired) electrons. The maximum absolute atomic E-state index is 3.66. The van der Waals surface area contributed by atoms with E-state index >= 15 is 0 Å². The van der Waals surface area contributed by atoms with Crippen molar-refractivity contribution in [2.24, 2.45) is 0 Å². The summed E-state index contributed by atoms with van der Waals surface area (Å²) < 4.78 is 2.23. The number of hydrogen-bond donors (Lipinski definition) is 1. The Morgan fingerprint density at radius 1 is 1.05 bits per heavy atom. The molecule has 19 heavy (non-hydrogen) atoms. The van der Waals surface area contributed by atoms with Crippen molar-refractivity contribution in [1.82, 2.24) is 5.32 Å². The topological polar surface area (TPSA) is 12.0 Å². The monoisotopic (exact) mass is 381 g/mol. The van der Waals surface area contributed by atoms with Crippen LogP contribution in [-0.4, -0.2) is 6.54 Å². The van der Waals surface area contributed by atoms with Crippen molar-refractivity contribution in [3.05, 3.63) is 68.6 Å². The van der Waals surface area contributed by atoms with Gasteiger partial charge in [0.25, 0.3) is 0 Å². The van der Waals surface area contributed by atoms with E-state index < -0.39 is 0 Å². The second kappa shape index (κ2) is 7.22. The quantitative estimate of drug-likeness (QED) is 0.739. The third-order valence-corrected chi connectivity index (χ3v) is 4.22. The molecule has 0 aliphatic rings. The minimum atomic E-state index is 0.216. The molecule has 0 spiro atoms. The molecule has 2 aromatic carbocycles. The highest BCUT2D eigenvalue weighted by Crippen LogP contribution is 2.31. The predicted octanol–water partition coefficient (Wildman–Crippen LogP) is 5.30. The van der Waals surface area contributed by atoms with E-state index in [9.17, 15) is 0 Å². The van der Waals surface area contributed by atoms with E-state index in [4.69, 9.17) is 0 Å². The lowest BCUT2D eigenvalue weighted by Gasteiger charge is -2.21. The summed E-state index contributed by atoms with van der Waals surface area (Å²) in [6.07, 6.45) is 1.12. The molecule has 2 aromatic rings. The number of halogens is 2. The smallest absolute Gasteiger partial charge is 0.0588 e. The Balaban J connectivity index is 2.40. The minimum Gasteiger partial charge on any atom is -0.306 e. The number of rotatable bonds is 5. The van der Waals surface area contributed by atoms with Crippen LogP contribution in [0, 0.1) is 0 Å². The van der Waals surface area contributed by atoms with Gasteiger partial charge in [-0.05, 0) is 42.3 Å². The summed E-state index contributed by atoms with van der Waals surface area (Å²) in [5.41, 5.74) is 2.55. The Bertz CT molecular complexity index is 526. The predicted molar refractivity (Wildman–Crippen MR) is 88.4 cm³/mol. The molecule has 0 aliphatic heterocycles. The van der Waals surface area contributed by atoms with Crippen LogP contribution in [0.2, 0.25) is 0 Å². The number of benzene rings is 2. The molecule has 0 heterocycles. The van der Waals surface area contributed by atoms with Crippen LogP contribution >= 0.6 is 31.9 Å². The molecule has 0 fully saturated rings. The van der Waals surface area contributed by atoms with Crippen molar-refractivity contribution in [3.63, 3.8) is 0 Å². The fourth-order valence-corrected chi connectivity index (χ4v) is 2.93. The minimum absolute atomic E-state index is 0.216. The first-order chi connectivity index (χ1) is 9.22. The second-order valence-corrected chi connectivity index (χ2v) is 6.23. The lowest BCUT2D eigenvalue weighted by molar-refractivity contribution is 0.596. The molecule has 0 aliphatic carbocycles. The van der Waals surface area contributed by atoms with Gasteiger partial charge in [-0.1, -0.05) is 69.1 Å². The summed E-state index contributed by atoms with van der Waals surface area (Å²) in [6, 6.07) is 17.1. The van der Waals surface area contributed by atoms with Crippen LogP contribution in [0.1, 0.15) is 30.5 Å². The summed E-state index contributed by atoms with van der Waals surface area (Å²) in [5, 5.41) is 3.62. The van der Waals surface area contributed by atoms with E-state index in [2.05, 4.69) is 92.6 Å². The van der Waals surface area contributed by atoms with Crippen molar-refractivity contribution in [2.45, 2.75) is 19.4 Å². The average molecular weight is 383 g/mol. The van der Waals surface area contributed by atoms with Crippen molar-refractivity contribution < 1.29 is 0 Å². The largest absolute Gasteiger partial charge is 0.306 e. The van der Waals surface area contributed by atoms with Gasteiger partial charge in [-0.2, -0.15) is 0 Å². The fraction of sp³-hybridized carbons (Fsp3) is 0.250. The molecule has 3 heteroatoms. The first kappa shape index (κ1) is 14.8. The summed E-state index contributed by atoms with van der Waals surface area (Å²) in [7, 11) is 0. The normalized spacial score (nSPS) is 12.4. The van der Waals surface area contributed by atoms with Gasteiger partial charge >= 0.3 is 0 Å². The van der Waals surface area contributed by atoms with Crippen molar-refractivity contribution in [3.8, 4) is 0 Å². The molecule has 0 saturated carbocycles. The summed E-state index contributed by atoms with van der Waals surface area (Å²) >= 11 is 7.22. The molecule has 1 N–H and O–H groups in total. The van der Waals surface area contributed by atoms with Gasteiger partial charge in [-0.15, -0.1) is 0 Å². The van der Waals surface area contributed by atoms with Gasteiger partial charge in [0.15, 0.2) is 0 Å². The molecule has 1 nitrogen and oxygen atoms in total. The number of nitrogens with one attached hydrogen (secondary N) is 1. The molecule has 2 rings (SSSR count). The molecule has 1 unspecified atom stereocenters. The van der Waals surface area contributed by atoms with Crippen LogP contribution in [0.25, 0.3) is 0 Å². The second-order valence-electron chi connectivity index (χ2n) is 4.46. The van der Waals surface area contributed by atoms with Gasteiger partial charge in [0.05, 0.1) is 6.04 Å². The van der Waals surface area contributed by atoms with Crippen molar-refractivity contribution in [2.75, 3.05) is 6.54 Å². The Morgan fingerprint density at radius 3 is 2.47 bits per heavy atom. The van der Waals surface area contributed by atoms with Gasteiger partial charge < -0.3 is 5.32 Å². The molecule has 100 valence electrons. The zero-order valence-corrected chi connectivity index (χ0v) is 14.0. The van der Waals surface area contributed by atoms with Crippen LogP contribution in [0.4, 0.5) is 0 Å². The lowest BCUT2D eigenvalue weighted by Crippen LogP contribution is -2.23. The zero-order chi connectivity index (χ0) is 13.7. The summed E-state index contributed by atoms with van der Waals surface area (Å²) in [5.74, 6) is 0. The van der Waals surface area contributed by atoms with Gasteiger partial charge in [0.2, 0.25) is 0 Å². The highest BCUT2D eigenvalue weighted by molar-refractivity contribution is 9.11. The Hall–Kier alpha value is -0.640. The highest BCUT2D eigenvalue weighted by atomic mass is 79.9. The first-order valence-electron chi connectivity index (χ1n) is 6.45. The maximum atomic E-state index is 3.66. The van der Waals surface area contributed by atoms with Crippen LogP contribution < -0.4 is 5.32 Å². The van der Waals surface area contributed by atoms with Gasteiger partial charge in [-0.25, -0.2) is 0 Å². The summed E-state index contributed by atoms with van der Waals surface area (Å²) in [4.78, 5) is 0. The Morgan fingerprint density at radius 2 is 1.79 bits per heavy atom. The third kappa shape index (κ3) is 3.91. The van der Waals surface area contributed by atoms with E-state index in [1.807, 2.05) is 0 Å². The Labute approximate surface area is 131 Å². The SMILES string of the molecule is CCCNC(c1ccccc1)c1cc(Br)ccc1Br.